The van der Waals surface area contributed by atoms with Gasteiger partial charge >= 0.3 is 0 Å². The molecule has 0 spiro atoms. The number of piperazine rings is 1. The second-order valence-corrected chi connectivity index (χ2v) is 7.93. The molecule has 28 heavy (non-hydrogen) atoms. The van der Waals surface area contributed by atoms with Crippen molar-refractivity contribution in [3.63, 3.8) is 0 Å². The van der Waals surface area contributed by atoms with Gasteiger partial charge in [-0.3, -0.25) is 14.6 Å². The molecule has 6 heteroatoms. The third kappa shape index (κ3) is 4.23. The van der Waals surface area contributed by atoms with E-state index in [0.29, 0.717) is 17.8 Å². The van der Waals surface area contributed by atoms with Crippen LogP contribution < -0.4 is 5.32 Å². The Bertz CT molecular complexity index is 1010. The van der Waals surface area contributed by atoms with Crippen LogP contribution >= 0.6 is 11.3 Å². The van der Waals surface area contributed by atoms with Gasteiger partial charge in [-0.15, -0.1) is 11.3 Å². The number of rotatable bonds is 5. The first-order chi connectivity index (χ1) is 13.7. The van der Waals surface area contributed by atoms with Crippen molar-refractivity contribution in [3.05, 3.63) is 65.0 Å². The Morgan fingerprint density at radius 3 is 2.57 bits per heavy atom. The monoisotopic (exact) mass is 390 g/mol. The van der Waals surface area contributed by atoms with Crippen molar-refractivity contribution in [3.8, 4) is 6.07 Å². The lowest BCUT2D eigenvalue weighted by molar-refractivity contribution is -0.117. The molecule has 1 N–H and O–H groups in total. The zero-order chi connectivity index (χ0) is 19.3. The summed E-state index contributed by atoms with van der Waals surface area (Å²) in [5, 5.41) is 15.6. The minimum absolute atomic E-state index is 0.0695. The van der Waals surface area contributed by atoms with Crippen LogP contribution in [0.25, 0.3) is 10.1 Å². The summed E-state index contributed by atoms with van der Waals surface area (Å²) in [7, 11) is 0. The first-order valence-electron chi connectivity index (χ1n) is 9.42. The molecule has 5 nitrogen and oxygen atoms in total. The molecule has 2 aromatic carbocycles. The van der Waals surface area contributed by atoms with Crippen LogP contribution in [0.3, 0.4) is 0 Å². The summed E-state index contributed by atoms with van der Waals surface area (Å²) in [4.78, 5) is 17.0. The number of carbonyl (C=O) groups is 1. The largest absolute Gasteiger partial charge is 0.324 e. The summed E-state index contributed by atoms with van der Waals surface area (Å²) >= 11 is 1.80. The van der Waals surface area contributed by atoms with Crippen LogP contribution in [0, 0.1) is 11.3 Å². The number of nitrogens with one attached hydrogen (secondary N) is 1. The zero-order valence-electron chi connectivity index (χ0n) is 15.6. The third-order valence-electron chi connectivity index (χ3n) is 5.11. The molecular weight excluding hydrogens is 368 g/mol. The Labute approximate surface area is 168 Å². The molecule has 1 fully saturated rings. The Balaban J connectivity index is 1.28. The minimum Gasteiger partial charge on any atom is -0.324 e. The van der Waals surface area contributed by atoms with E-state index in [1.54, 1.807) is 29.5 Å². The predicted molar refractivity (Wildman–Crippen MR) is 113 cm³/mol. The molecule has 4 rings (SSSR count). The number of anilines is 1. The van der Waals surface area contributed by atoms with E-state index in [-0.39, 0.29) is 5.91 Å². The maximum Gasteiger partial charge on any atom is 0.238 e. The van der Waals surface area contributed by atoms with Crippen LogP contribution in [0.5, 0.6) is 0 Å². The lowest BCUT2D eigenvalue weighted by atomic mass is 10.1. The molecule has 0 aliphatic carbocycles. The fourth-order valence-electron chi connectivity index (χ4n) is 3.58. The predicted octanol–water partition coefficient (Wildman–Crippen LogP) is 3.53. The maximum atomic E-state index is 12.4. The van der Waals surface area contributed by atoms with Gasteiger partial charge < -0.3 is 5.32 Å². The van der Waals surface area contributed by atoms with Crippen LogP contribution in [-0.2, 0) is 11.3 Å². The van der Waals surface area contributed by atoms with Gasteiger partial charge in [-0.25, -0.2) is 0 Å². The summed E-state index contributed by atoms with van der Waals surface area (Å²) in [5.41, 5.74) is 2.46. The summed E-state index contributed by atoms with van der Waals surface area (Å²) in [5.74, 6) is -0.0695. The topological polar surface area (TPSA) is 59.4 Å². The number of para-hydroxylation sites is 1. The molecule has 0 radical (unpaired) electrons. The minimum atomic E-state index is -0.0695. The zero-order valence-corrected chi connectivity index (χ0v) is 16.4. The molecule has 0 saturated carbocycles. The molecular formula is C22H22N4OS. The van der Waals surface area contributed by atoms with E-state index >= 15 is 0 Å². The van der Waals surface area contributed by atoms with Crippen molar-refractivity contribution in [2.24, 2.45) is 0 Å². The van der Waals surface area contributed by atoms with E-state index in [1.165, 1.54) is 15.6 Å². The van der Waals surface area contributed by atoms with Crippen molar-refractivity contribution in [2.45, 2.75) is 6.54 Å². The summed E-state index contributed by atoms with van der Waals surface area (Å²) < 4.78 is 1.34. The fourth-order valence-corrected chi connectivity index (χ4v) is 4.54. The van der Waals surface area contributed by atoms with Gasteiger partial charge in [0.25, 0.3) is 0 Å². The van der Waals surface area contributed by atoms with Crippen molar-refractivity contribution in [1.82, 2.24) is 9.80 Å². The van der Waals surface area contributed by atoms with Crippen LogP contribution in [0.1, 0.15) is 11.1 Å². The van der Waals surface area contributed by atoms with Gasteiger partial charge in [0.1, 0.15) is 6.07 Å². The van der Waals surface area contributed by atoms with Crippen molar-refractivity contribution in [1.29, 1.82) is 5.26 Å². The number of hydrogen-bond donors (Lipinski definition) is 1. The number of fused-ring (bicyclic) bond motifs is 1. The van der Waals surface area contributed by atoms with Crippen LogP contribution in [-0.4, -0.2) is 48.4 Å². The molecule has 1 saturated heterocycles. The van der Waals surface area contributed by atoms with Gasteiger partial charge in [0.2, 0.25) is 5.91 Å². The number of benzene rings is 2. The third-order valence-corrected chi connectivity index (χ3v) is 6.12. The van der Waals surface area contributed by atoms with Gasteiger partial charge in [0.15, 0.2) is 0 Å². The number of hydrogen-bond acceptors (Lipinski definition) is 5. The molecule has 0 bridgehead atoms. The molecule has 1 aliphatic heterocycles. The molecule has 3 aromatic rings. The average Bonchev–Trinajstić information content (AvgIpc) is 3.13. The Hall–Kier alpha value is -2.72. The molecule has 1 amide bonds. The van der Waals surface area contributed by atoms with Crippen LogP contribution in [0.15, 0.2) is 53.9 Å². The normalized spacial score (nSPS) is 15.4. The summed E-state index contributed by atoms with van der Waals surface area (Å²) in [6.45, 7) is 4.96. The van der Waals surface area contributed by atoms with Gasteiger partial charge in [-0.05, 0) is 34.5 Å². The van der Waals surface area contributed by atoms with E-state index in [1.807, 2.05) is 6.07 Å². The molecule has 142 valence electrons. The molecule has 0 atom stereocenters. The quantitative estimate of drug-likeness (QED) is 0.724. The lowest BCUT2D eigenvalue weighted by Crippen LogP contribution is -2.48. The second-order valence-electron chi connectivity index (χ2n) is 7.01. The average molecular weight is 391 g/mol. The number of carbonyl (C=O) groups excluding carboxylic acids is 1. The Morgan fingerprint density at radius 1 is 1.04 bits per heavy atom. The van der Waals surface area contributed by atoms with Crippen molar-refractivity contribution < 1.29 is 4.79 Å². The summed E-state index contributed by atoms with van der Waals surface area (Å²) in [6, 6.07) is 17.8. The van der Waals surface area contributed by atoms with E-state index in [0.717, 1.165) is 32.7 Å². The first kappa shape index (κ1) is 18.6. The highest BCUT2D eigenvalue weighted by molar-refractivity contribution is 7.17. The van der Waals surface area contributed by atoms with Crippen molar-refractivity contribution >= 4 is 33.0 Å². The lowest BCUT2D eigenvalue weighted by Gasteiger charge is -2.34. The standard InChI is InChI=1S/C22H22N4OS/c23-13-17-5-1-3-7-20(17)24-22(27)15-26-11-9-25(10-12-26)14-18-16-28-21-8-4-2-6-19(18)21/h1-8,16H,9-12,14-15H2,(H,24,27). The maximum absolute atomic E-state index is 12.4. The van der Waals surface area contributed by atoms with E-state index in [9.17, 15) is 4.79 Å². The highest BCUT2D eigenvalue weighted by Gasteiger charge is 2.20. The smallest absolute Gasteiger partial charge is 0.238 e. The van der Waals surface area contributed by atoms with Crippen LogP contribution in [0.2, 0.25) is 0 Å². The number of amides is 1. The molecule has 0 unspecified atom stereocenters. The Kier molecular flexibility index (Phi) is 5.68. The fraction of sp³-hybridized carbons (Fsp3) is 0.273. The van der Waals surface area contributed by atoms with Gasteiger partial charge in [0.05, 0.1) is 17.8 Å². The SMILES string of the molecule is N#Cc1ccccc1NC(=O)CN1CCN(Cc2csc3ccccc23)CC1. The van der Waals surface area contributed by atoms with E-state index < -0.39 is 0 Å². The summed E-state index contributed by atoms with van der Waals surface area (Å²) in [6.07, 6.45) is 0. The number of nitrogens with zero attached hydrogens (tertiary/aromatic N) is 3. The van der Waals surface area contributed by atoms with Gasteiger partial charge in [-0.2, -0.15) is 5.26 Å². The van der Waals surface area contributed by atoms with E-state index in [2.05, 4.69) is 50.8 Å². The highest BCUT2D eigenvalue weighted by Crippen LogP contribution is 2.27. The number of thiophene rings is 1. The van der Waals surface area contributed by atoms with Crippen molar-refractivity contribution in [2.75, 3.05) is 38.0 Å². The Morgan fingerprint density at radius 2 is 1.75 bits per heavy atom. The highest BCUT2D eigenvalue weighted by atomic mass is 32.1. The second kappa shape index (κ2) is 8.53. The van der Waals surface area contributed by atoms with Gasteiger partial charge in [0, 0.05) is 37.4 Å². The van der Waals surface area contributed by atoms with E-state index in [4.69, 9.17) is 5.26 Å². The van der Waals surface area contributed by atoms with Crippen LogP contribution in [0.4, 0.5) is 5.69 Å². The molecule has 1 aromatic heterocycles. The van der Waals surface area contributed by atoms with Gasteiger partial charge in [-0.1, -0.05) is 30.3 Å². The molecule has 1 aliphatic rings. The number of nitriles is 1. The first-order valence-corrected chi connectivity index (χ1v) is 10.3. The molecule has 2 heterocycles.